The predicted octanol–water partition coefficient (Wildman–Crippen LogP) is 2.42. The number of pyridine rings is 1. The van der Waals surface area contributed by atoms with Crippen LogP contribution in [0.5, 0.6) is 0 Å². The van der Waals surface area contributed by atoms with Crippen molar-refractivity contribution in [2.24, 2.45) is 5.92 Å². The van der Waals surface area contributed by atoms with E-state index in [0.29, 0.717) is 6.04 Å². The standard InChI is InChI=1S/C15H25N3/c1-4-16-8-14-5-6-15(17-9-14)11-18-10-12(2)7-13(18)3/h5-6,9,12-13,16H,4,7-8,10-11H2,1-3H3. The van der Waals surface area contributed by atoms with E-state index < -0.39 is 0 Å². The van der Waals surface area contributed by atoms with Gasteiger partial charge in [-0.2, -0.15) is 0 Å². The first-order valence-corrected chi connectivity index (χ1v) is 7.07. The molecule has 0 spiro atoms. The molecule has 1 aromatic heterocycles. The quantitative estimate of drug-likeness (QED) is 0.866. The summed E-state index contributed by atoms with van der Waals surface area (Å²) in [5.41, 5.74) is 2.46. The first kappa shape index (κ1) is 13.5. The van der Waals surface area contributed by atoms with Gasteiger partial charge in [0.15, 0.2) is 0 Å². The Morgan fingerprint density at radius 2 is 2.22 bits per heavy atom. The van der Waals surface area contributed by atoms with Crippen LogP contribution >= 0.6 is 0 Å². The van der Waals surface area contributed by atoms with Crippen LogP contribution in [0.1, 0.15) is 38.4 Å². The molecule has 2 rings (SSSR count). The summed E-state index contributed by atoms with van der Waals surface area (Å²) < 4.78 is 0. The summed E-state index contributed by atoms with van der Waals surface area (Å²) in [7, 11) is 0. The third kappa shape index (κ3) is 3.53. The lowest BCUT2D eigenvalue weighted by atomic mass is 10.1. The van der Waals surface area contributed by atoms with E-state index in [-0.39, 0.29) is 0 Å². The number of nitrogens with zero attached hydrogens (tertiary/aromatic N) is 2. The highest BCUT2D eigenvalue weighted by atomic mass is 15.2. The van der Waals surface area contributed by atoms with Gasteiger partial charge in [0.1, 0.15) is 0 Å². The molecule has 18 heavy (non-hydrogen) atoms. The third-order valence-electron chi connectivity index (χ3n) is 3.74. The molecular weight excluding hydrogens is 222 g/mol. The second-order valence-corrected chi connectivity index (χ2v) is 5.56. The monoisotopic (exact) mass is 247 g/mol. The lowest BCUT2D eigenvalue weighted by Gasteiger charge is -2.20. The second-order valence-electron chi connectivity index (χ2n) is 5.56. The van der Waals surface area contributed by atoms with Gasteiger partial charge in [-0.1, -0.05) is 19.9 Å². The number of nitrogens with one attached hydrogen (secondary N) is 1. The Balaban J connectivity index is 1.90. The van der Waals surface area contributed by atoms with Crippen LogP contribution in [0.2, 0.25) is 0 Å². The van der Waals surface area contributed by atoms with Crippen LogP contribution in [0.4, 0.5) is 0 Å². The highest BCUT2D eigenvalue weighted by Gasteiger charge is 2.25. The van der Waals surface area contributed by atoms with Crippen molar-refractivity contribution < 1.29 is 0 Å². The minimum Gasteiger partial charge on any atom is -0.313 e. The van der Waals surface area contributed by atoms with Crippen LogP contribution in [0.3, 0.4) is 0 Å². The zero-order chi connectivity index (χ0) is 13.0. The molecule has 1 saturated heterocycles. The lowest BCUT2D eigenvalue weighted by Crippen LogP contribution is -2.27. The second kappa shape index (κ2) is 6.30. The minimum atomic E-state index is 0.697. The van der Waals surface area contributed by atoms with Crippen LogP contribution in [0.25, 0.3) is 0 Å². The summed E-state index contributed by atoms with van der Waals surface area (Å²) in [6.45, 7) is 10.9. The molecule has 100 valence electrons. The summed E-state index contributed by atoms with van der Waals surface area (Å²) in [6.07, 6.45) is 3.32. The molecule has 2 unspecified atom stereocenters. The van der Waals surface area contributed by atoms with Crippen LogP contribution in [0, 0.1) is 5.92 Å². The Labute approximate surface area is 111 Å². The average Bonchev–Trinajstić information content (AvgIpc) is 2.67. The van der Waals surface area contributed by atoms with Gasteiger partial charge in [-0.3, -0.25) is 9.88 Å². The zero-order valence-electron chi connectivity index (χ0n) is 11.8. The van der Waals surface area contributed by atoms with E-state index in [9.17, 15) is 0 Å². The van der Waals surface area contributed by atoms with Gasteiger partial charge in [-0.15, -0.1) is 0 Å². The SMILES string of the molecule is CCNCc1ccc(CN2CC(C)CC2C)nc1. The zero-order valence-corrected chi connectivity index (χ0v) is 11.8. The Bertz CT molecular complexity index is 361. The van der Waals surface area contributed by atoms with Crippen molar-refractivity contribution >= 4 is 0 Å². The Morgan fingerprint density at radius 1 is 1.39 bits per heavy atom. The van der Waals surface area contributed by atoms with Crippen LogP contribution in [-0.4, -0.2) is 29.0 Å². The number of rotatable bonds is 5. The third-order valence-corrected chi connectivity index (χ3v) is 3.74. The van der Waals surface area contributed by atoms with Crippen LogP contribution in [0.15, 0.2) is 18.3 Å². The number of aromatic nitrogens is 1. The van der Waals surface area contributed by atoms with E-state index in [4.69, 9.17) is 0 Å². The first-order chi connectivity index (χ1) is 8.69. The van der Waals surface area contributed by atoms with Gasteiger partial charge in [-0.05, 0) is 37.4 Å². The van der Waals surface area contributed by atoms with Gasteiger partial charge in [0.25, 0.3) is 0 Å². The topological polar surface area (TPSA) is 28.2 Å². The summed E-state index contributed by atoms with van der Waals surface area (Å²) in [6, 6.07) is 5.06. The Hall–Kier alpha value is -0.930. The van der Waals surface area contributed by atoms with E-state index in [1.54, 1.807) is 0 Å². The molecule has 2 heterocycles. The molecular formula is C15H25N3. The Kier molecular flexibility index (Phi) is 4.72. The highest BCUT2D eigenvalue weighted by molar-refractivity contribution is 5.14. The summed E-state index contributed by atoms with van der Waals surface area (Å²) in [4.78, 5) is 7.11. The predicted molar refractivity (Wildman–Crippen MR) is 75.3 cm³/mol. The van der Waals surface area contributed by atoms with E-state index in [1.807, 2.05) is 6.20 Å². The fraction of sp³-hybridized carbons (Fsp3) is 0.667. The van der Waals surface area contributed by atoms with E-state index in [2.05, 4.69) is 48.1 Å². The maximum absolute atomic E-state index is 4.57. The van der Waals surface area contributed by atoms with Gasteiger partial charge < -0.3 is 5.32 Å². The lowest BCUT2D eigenvalue weighted by molar-refractivity contribution is 0.253. The van der Waals surface area contributed by atoms with Crippen molar-refractivity contribution in [1.82, 2.24) is 15.2 Å². The van der Waals surface area contributed by atoms with Gasteiger partial charge in [0.2, 0.25) is 0 Å². The first-order valence-electron chi connectivity index (χ1n) is 7.07. The molecule has 1 aliphatic rings. The summed E-state index contributed by atoms with van der Waals surface area (Å²) in [5.74, 6) is 0.827. The molecule has 3 nitrogen and oxygen atoms in total. The molecule has 1 aliphatic heterocycles. The summed E-state index contributed by atoms with van der Waals surface area (Å²) in [5, 5.41) is 3.32. The fourth-order valence-electron chi connectivity index (χ4n) is 2.74. The molecule has 1 aromatic rings. The minimum absolute atomic E-state index is 0.697. The molecule has 1 N–H and O–H groups in total. The average molecular weight is 247 g/mol. The van der Waals surface area contributed by atoms with Crippen LogP contribution in [-0.2, 0) is 13.1 Å². The molecule has 0 saturated carbocycles. The number of hydrogen-bond donors (Lipinski definition) is 1. The van der Waals surface area contributed by atoms with Gasteiger partial charge in [-0.25, -0.2) is 0 Å². The molecule has 0 amide bonds. The van der Waals surface area contributed by atoms with Gasteiger partial charge >= 0.3 is 0 Å². The smallest absolute Gasteiger partial charge is 0.0544 e. The van der Waals surface area contributed by atoms with Gasteiger partial charge in [0.05, 0.1) is 5.69 Å². The van der Waals surface area contributed by atoms with E-state index in [1.165, 1.54) is 24.2 Å². The maximum Gasteiger partial charge on any atom is 0.0544 e. The van der Waals surface area contributed by atoms with Crippen molar-refractivity contribution in [3.8, 4) is 0 Å². The normalized spacial score (nSPS) is 24.6. The fourth-order valence-corrected chi connectivity index (χ4v) is 2.74. The summed E-state index contributed by atoms with van der Waals surface area (Å²) >= 11 is 0. The van der Waals surface area contributed by atoms with E-state index >= 15 is 0 Å². The Morgan fingerprint density at radius 3 is 2.78 bits per heavy atom. The van der Waals surface area contributed by atoms with E-state index in [0.717, 1.165) is 25.6 Å². The molecule has 3 heteroatoms. The molecule has 0 bridgehead atoms. The van der Waals surface area contributed by atoms with Crippen LogP contribution < -0.4 is 5.32 Å². The van der Waals surface area contributed by atoms with Gasteiger partial charge in [0, 0.05) is 31.9 Å². The van der Waals surface area contributed by atoms with Crippen molar-refractivity contribution in [2.45, 2.75) is 46.3 Å². The molecule has 0 aromatic carbocycles. The molecule has 2 atom stereocenters. The highest BCUT2D eigenvalue weighted by Crippen LogP contribution is 2.23. The molecule has 0 radical (unpaired) electrons. The largest absolute Gasteiger partial charge is 0.313 e. The van der Waals surface area contributed by atoms with Crippen molar-refractivity contribution in [1.29, 1.82) is 0 Å². The van der Waals surface area contributed by atoms with Crippen molar-refractivity contribution in [3.05, 3.63) is 29.6 Å². The number of likely N-dealkylation sites (tertiary alicyclic amines) is 1. The molecule has 0 aliphatic carbocycles. The maximum atomic E-state index is 4.57. The molecule has 1 fully saturated rings. The van der Waals surface area contributed by atoms with Crippen molar-refractivity contribution in [3.63, 3.8) is 0 Å². The van der Waals surface area contributed by atoms with Crippen molar-refractivity contribution in [2.75, 3.05) is 13.1 Å². The number of hydrogen-bond acceptors (Lipinski definition) is 3.